The molecule has 1 aromatic carbocycles. The van der Waals surface area contributed by atoms with Gasteiger partial charge in [-0.3, -0.25) is 9.97 Å². The maximum atomic E-state index is 6.12. The van der Waals surface area contributed by atoms with Crippen molar-refractivity contribution in [3.63, 3.8) is 0 Å². The fourth-order valence-corrected chi connectivity index (χ4v) is 1.90. The van der Waals surface area contributed by atoms with E-state index in [9.17, 15) is 0 Å². The molecule has 1 heterocycles. The van der Waals surface area contributed by atoms with Gasteiger partial charge in [0.05, 0.1) is 11.7 Å². The maximum Gasteiger partial charge on any atom is 0.0757 e. The molecule has 1 aromatic heterocycles. The zero-order valence-corrected chi connectivity index (χ0v) is 10.9. The third-order valence-electron chi connectivity index (χ3n) is 3.07. The van der Waals surface area contributed by atoms with Crippen LogP contribution in [0.2, 0.25) is 0 Å². The molecule has 0 aliphatic rings. The lowest BCUT2D eigenvalue weighted by Crippen LogP contribution is -2.15. The molecular weight excluding hydrogens is 222 g/mol. The van der Waals surface area contributed by atoms with Gasteiger partial charge in [-0.25, -0.2) is 0 Å². The van der Waals surface area contributed by atoms with E-state index in [1.54, 1.807) is 18.6 Å². The molecule has 0 amide bonds. The third-order valence-corrected chi connectivity index (χ3v) is 3.07. The summed E-state index contributed by atoms with van der Waals surface area (Å²) in [5.41, 5.74) is 9.55. The van der Waals surface area contributed by atoms with Gasteiger partial charge in [0.1, 0.15) is 0 Å². The Balaban J connectivity index is 2.05. The van der Waals surface area contributed by atoms with Gasteiger partial charge >= 0.3 is 0 Å². The Labute approximate surface area is 108 Å². The molecule has 1 unspecified atom stereocenters. The number of hydrogen-bond donors (Lipinski definition) is 1. The van der Waals surface area contributed by atoms with Gasteiger partial charge in [0.2, 0.25) is 0 Å². The summed E-state index contributed by atoms with van der Waals surface area (Å²) in [5.74, 6) is 0.563. The van der Waals surface area contributed by atoms with E-state index in [4.69, 9.17) is 5.73 Å². The number of nitrogens with two attached hydrogens (primary N) is 1. The second kappa shape index (κ2) is 5.74. The first-order chi connectivity index (χ1) is 8.66. The Morgan fingerprint density at radius 1 is 1.11 bits per heavy atom. The average Bonchev–Trinajstić information content (AvgIpc) is 2.40. The van der Waals surface area contributed by atoms with Crippen LogP contribution in [0.4, 0.5) is 0 Å². The van der Waals surface area contributed by atoms with E-state index in [0.717, 1.165) is 12.1 Å². The molecule has 0 saturated heterocycles. The summed E-state index contributed by atoms with van der Waals surface area (Å²) in [4.78, 5) is 8.28. The fourth-order valence-electron chi connectivity index (χ4n) is 1.90. The molecule has 0 aliphatic heterocycles. The zero-order chi connectivity index (χ0) is 13.0. The summed E-state index contributed by atoms with van der Waals surface area (Å²) < 4.78 is 0. The van der Waals surface area contributed by atoms with Crippen molar-refractivity contribution in [2.45, 2.75) is 32.2 Å². The van der Waals surface area contributed by atoms with Crippen LogP contribution in [0.25, 0.3) is 0 Å². The molecular formula is C15H19N3. The van der Waals surface area contributed by atoms with Crippen molar-refractivity contribution in [2.75, 3.05) is 0 Å². The Bertz CT molecular complexity index is 477. The fraction of sp³-hybridized carbons (Fsp3) is 0.333. The van der Waals surface area contributed by atoms with Crippen LogP contribution in [-0.4, -0.2) is 9.97 Å². The van der Waals surface area contributed by atoms with Crippen molar-refractivity contribution in [1.29, 1.82) is 0 Å². The minimum absolute atomic E-state index is 0.0939. The quantitative estimate of drug-likeness (QED) is 0.895. The summed E-state index contributed by atoms with van der Waals surface area (Å²) in [7, 11) is 0. The Morgan fingerprint density at radius 3 is 2.39 bits per heavy atom. The second-order valence-corrected chi connectivity index (χ2v) is 4.84. The monoisotopic (exact) mass is 241 g/mol. The summed E-state index contributed by atoms with van der Waals surface area (Å²) >= 11 is 0. The molecule has 0 fully saturated rings. The predicted octanol–water partition coefficient (Wildman–Crippen LogP) is 2.84. The van der Waals surface area contributed by atoms with Crippen LogP contribution in [0, 0.1) is 0 Å². The van der Waals surface area contributed by atoms with Gasteiger partial charge in [0.25, 0.3) is 0 Å². The van der Waals surface area contributed by atoms with Crippen LogP contribution in [0.5, 0.6) is 0 Å². The van der Waals surface area contributed by atoms with Gasteiger partial charge in [-0.05, 0) is 23.5 Å². The second-order valence-electron chi connectivity index (χ2n) is 4.84. The van der Waals surface area contributed by atoms with Crippen LogP contribution in [0.1, 0.15) is 42.6 Å². The van der Waals surface area contributed by atoms with Crippen molar-refractivity contribution >= 4 is 0 Å². The molecule has 1 atom stereocenters. The molecule has 2 rings (SSSR count). The van der Waals surface area contributed by atoms with Crippen molar-refractivity contribution < 1.29 is 0 Å². The number of aromatic nitrogens is 2. The number of hydrogen-bond acceptors (Lipinski definition) is 3. The van der Waals surface area contributed by atoms with Crippen LogP contribution in [0.15, 0.2) is 42.9 Å². The van der Waals surface area contributed by atoms with E-state index in [1.807, 2.05) is 0 Å². The highest BCUT2D eigenvalue weighted by molar-refractivity contribution is 5.26. The average molecular weight is 241 g/mol. The molecule has 18 heavy (non-hydrogen) atoms. The first kappa shape index (κ1) is 12.7. The van der Waals surface area contributed by atoms with Gasteiger partial charge in [-0.2, -0.15) is 0 Å². The smallest absolute Gasteiger partial charge is 0.0757 e. The molecule has 94 valence electrons. The van der Waals surface area contributed by atoms with Crippen LogP contribution >= 0.6 is 0 Å². The van der Waals surface area contributed by atoms with Crippen LogP contribution in [-0.2, 0) is 6.42 Å². The van der Waals surface area contributed by atoms with Gasteiger partial charge in [0, 0.05) is 18.6 Å². The molecule has 0 saturated carbocycles. The van der Waals surface area contributed by atoms with E-state index in [1.165, 1.54) is 11.1 Å². The molecule has 2 aromatic rings. The topological polar surface area (TPSA) is 51.8 Å². The van der Waals surface area contributed by atoms with Gasteiger partial charge < -0.3 is 5.73 Å². The summed E-state index contributed by atoms with van der Waals surface area (Å²) in [5, 5.41) is 0. The summed E-state index contributed by atoms with van der Waals surface area (Å²) in [6.07, 6.45) is 5.86. The lowest BCUT2D eigenvalue weighted by atomic mass is 9.98. The Hall–Kier alpha value is -1.74. The van der Waals surface area contributed by atoms with Crippen molar-refractivity contribution in [3.8, 4) is 0 Å². The highest BCUT2D eigenvalue weighted by Gasteiger charge is 2.08. The van der Waals surface area contributed by atoms with E-state index >= 15 is 0 Å². The number of benzene rings is 1. The minimum Gasteiger partial charge on any atom is -0.322 e. The Kier molecular flexibility index (Phi) is 4.05. The van der Waals surface area contributed by atoms with Gasteiger partial charge in [-0.1, -0.05) is 38.1 Å². The van der Waals surface area contributed by atoms with Gasteiger partial charge in [-0.15, -0.1) is 0 Å². The first-order valence-corrected chi connectivity index (χ1v) is 6.27. The molecule has 0 aliphatic carbocycles. The SMILES string of the molecule is CC(C)c1ccc(CC(N)c2cnccn2)cc1. The maximum absolute atomic E-state index is 6.12. The summed E-state index contributed by atoms with van der Waals surface area (Å²) in [6.45, 7) is 4.39. The van der Waals surface area contributed by atoms with Crippen molar-refractivity contribution in [3.05, 3.63) is 59.7 Å². The lowest BCUT2D eigenvalue weighted by molar-refractivity contribution is 0.690. The van der Waals surface area contributed by atoms with E-state index in [-0.39, 0.29) is 6.04 Å². The molecule has 0 bridgehead atoms. The lowest BCUT2D eigenvalue weighted by Gasteiger charge is -2.11. The first-order valence-electron chi connectivity index (χ1n) is 6.27. The molecule has 3 heteroatoms. The third kappa shape index (κ3) is 3.14. The molecule has 0 radical (unpaired) electrons. The number of rotatable bonds is 4. The minimum atomic E-state index is -0.0939. The van der Waals surface area contributed by atoms with Crippen LogP contribution in [0.3, 0.4) is 0 Å². The predicted molar refractivity (Wildman–Crippen MR) is 73.2 cm³/mol. The van der Waals surface area contributed by atoms with E-state index < -0.39 is 0 Å². The highest BCUT2D eigenvalue weighted by Crippen LogP contribution is 2.17. The Morgan fingerprint density at radius 2 is 1.83 bits per heavy atom. The van der Waals surface area contributed by atoms with E-state index in [2.05, 4.69) is 48.1 Å². The normalized spacial score (nSPS) is 12.7. The zero-order valence-electron chi connectivity index (χ0n) is 10.9. The van der Waals surface area contributed by atoms with Gasteiger partial charge in [0.15, 0.2) is 0 Å². The molecule has 0 spiro atoms. The highest BCUT2D eigenvalue weighted by atomic mass is 14.8. The largest absolute Gasteiger partial charge is 0.322 e. The standard InChI is InChI=1S/C15H19N3/c1-11(2)13-5-3-12(4-6-13)9-14(16)15-10-17-7-8-18-15/h3-8,10-11,14H,9,16H2,1-2H3. The van der Waals surface area contributed by atoms with Crippen molar-refractivity contribution in [2.24, 2.45) is 5.73 Å². The summed E-state index contributed by atoms with van der Waals surface area (Å²) in [6, 6.07) is 8.53. The van der Waals surface area contributed by atoms with E-state index in [0.29, 0.717) is 5.92 Å². The molecule has 3 nitrogen and oxygen atoms in total. The molecule has 2 N–H and O–H groups in total. The number of nitrogens with zero attached hydrogens (tertiary/aromatic N) is 2. The van der Waals surface area contributed by atoms with Crippen LogP contribution < -0.4 is 5.73 Å². The van der Waals surface area contributed by atoms with Crippen molar-refractivity contribution in [1.82, 2.24) is 9.97 Å².